The number of benzene rings is 1. The van der Waals surface area contributed by atoms with Crippen molar-refractivity contribution in [1.29, 1.82) is 0 Å². The van der Waals surface area contributed by atoms with E-state index >= 15 is 0 Å². The van der Waals surface area contributed by atoms with E-state index in [2.05, 4.69) is 40.7 Å². The molecule has 0 radical (unpaired) electrons. The summed E-state index contributed by atoms with van der Waals surface area (Å²) in [5.41, 5.74) is 8.37. The highest BCUT2D eigenvalue weighted by atomic mass is 15.1. The third-order valence-corrected chi connectivity index (χ3v) is 4.69. The van der Waals surface area contributed by atoms with Crippen molar-refractivity contribution in [3.8, 4) is 11.3 Å². The lowest BCUT2D eigenvalue weighted by molar-refractivity contribution is 0.537. The van der Waals surface area contributed by atoms with Crippen molar-refractivity contribution in [2.45, 2.75) is 77.7 Å². The molecule has 0 aliphatic carbocycles. The van der Waals surface area contributed by atoms with E-state index in [9.17, 15) is 0 Å². The molecule has 2 aromatic rings. The molecule has 0 spiro atoms. The molecule has 0 aliphatic heterocycles. The van der Waals surface area contributed by atoms with Gasteiger partial charge in [0.1, 0.15) is 0 Å². The van der Waals surface area contributed by atoms with Gasteiger partial charge in [-0.2, -0.15) is 0 Å². The highest BCUT2D eigenvalue weighted by Gasteiger charge is 2.08. The molecule has 0 aliphatic rings. The fourth-order valence-corrected chi connectivity index (χ4v) is 3.22. The molecule has 1 heterocycles. The molecule has 0 fully saturated rings. The maximum Gasteiger partial charge on any atom is 0.200 e. The third kappa shape index (κ3) is 6.03. The molecule has 2 rings (SSSR count). The minimum Gasteiger partial charge on any atom is -0.369 e. The molecule has 3 nitrogen and oxygen atoms in total. The molecule has 132 valence electrons. The molecule has 24 heavy (non-hydrogen) atoms. The zero-order valence-corrected chi connectivity index (χ0v) is 15.2. The Morgan fingerprint density at radius 3 is 2.04 bits per heavy atom. The van der Waals surface area contributed by atoms with E-state index in [0.717, 1.165) is 12.2 Å². The van der Waals surface area contributed by atoms with Crippen LogP contribution in [0.15, 0.2) is 36.5 Å². The summed E-state index contributed by atoms with van der Waals surface area (Å²) in [6, 6.07) is 10.4. The Hall–Kier alpha value is -1.77. The van der Waals surface area contributed by atoms with Crippen molar-refractivity contribution >= 4 is 5.95 Å². The normalized spacial score (nSPS) is 11.0. The summed E-state index contributed by atoms with van der Waals surface area (Å²) in [4.78, 5) is 4.30. The van der Waals surface area contributed by atoms with Gasteiger partial charge in [-0.25, -0.2) is 4.98 Å². The number of rotatable bonds is 12. The maximum absolute atomic E-state index is 6.05. The summed E-state index contributed by atoms with van der Waals surface area (Å²) in [5, 5.41) is 0. The van der Waals surface area contributed by atoms with Crippen LogP contribution in [0, 0.1) is 0 Å². The summed E-state index contributed by atoms with van der Waals surface area (Å²) in [5.74, 6) is 0.629. The Balaban J connectivity index is 1.66. The summed E-state index contributed by atoms with van der Waals surface area (Å²) in [6.45, 7) is 3.24. The number of aromatic nitrogens is 2. The van der Waals surface area contributed by atoms with Crippen LogP contribution in [0.1, 0.15) is 71.1 Å². The number of anilines is 1. The van der Waals surface area contributed by atoms with Crippen molar-refractivity contribution in [3.05, 3.63) is 36.5 Å². The molecule has 1 aromatic heterocycles. The molecule has 0 saturated carbocycles. The van der Waals surface area contributed by atoms with Gasteiger partial charge in [0, 0.05) is 6.54 Å². The van der Waals surface area contributed by atoms with Gasteiger partial charge >= 0.3 is 0 Å². The second-order valence-corrected chi connectivity index (χ2v) is 6.70. The van der Waals surface area contributed by atoms with E-state index in [-0.39, 0.29) is 0 Å². The molecule has 0 saturated heterocycles. The zero-order valence-electron chi connectivity index (χ0n) is 15.2. The van der Waals surface area contributed by atoms with Gasteiger partial charge in [-0.3, -0.25) is 0 Å². The van der Waals surface area contributed by atoms with Gasteiger partial charge in [-0.1, -0.05) is 95.0 Å². The largest absolute Gasteiger partial charge is 0.369 e. The maximum atomic E-state index is 6.05. The van der Waals surface area contributed by atoms with Crippen LogP contribution in [0.3, 0.4) is 0 Å². The van der Waals surface area contributed by atoms with Crippen molar-refractivity contribution < 1.29 is 0 Å². The van der Waals surface area contributed by atoms with Gasteiger partial charge in [-0.15, -0.1) is 0 Å². The fourth-order valence-electron chi connectivity index (χ4n) is 3.22. The molecule has 3 heteroatoms. The van der Waals surface area contributed by atoms with Gasteiger partial charge in [0.25, 0.3) is 0 Å². The molecule has 2 N–H and O–H groups in total. The van der Waals surface area contributed by atoms with Crippen LogP contribution in [-0.4, -0.2) is 9.55 Å². The Bertz CT molecular complexity index is 560. The monoisotopic (exact) mass is 327 g/mol. The minimum absolute atomic E-state index is 0.629. The first kappa shape index (κ1) is 18.6. The lowest BCUT2D eigenvalue weighted by Crippen LogP contribution is -2.05. The van der Waals surface area contributed by atoms with Crippen LogP contribution in [0.25, 0.3) is 11.3 Å². The number of nitrogens with zero attached hydrogens (tertiary/aromatic N) is 2. The van der Waals surface area contributed by atoms with Crippen LogP contribution in [0.2, 0.25) is 0 Å². The third-order valence-electron chi connectivity index (χ3n) is 4.69. The van der Waals surface area contributed by atoms with Crippen LogP contribution < -0.4 is 5.73 Å². The van der Waals surface area contributed by atoms with Gasteiger partial charge in [0.05, 0.1) is 11.9 Å². The standard InChI is InChI=1S/C21H33N3/c1-2-3-4-5-6-7-8-9-10-14-17-24-20(18-23-21(24)22)19-15-12-11-13-16-19/h11-13,15-16,18H,2-10,14,17H2,1H3,(H2,22,23). The lowest BCUT2D eigenvalue weighted by atomic mass is 10.1. The van der Waals surface area contributed by atoms with Crippen LogP contribution >= 0.6 is 0 Å². The number of hydrogen-bond acceptors (Lipinski definition) is 2. The Morgan fingerprint density at radius 2 is 1.42 bits per heavy atom. The van der Waals surface area contributed by atoms with Crippen LogP contribution in [0.4, 0.5) is 5.95 Å². The second kappa shape index (κ2) is 10.9. The summed E-state index contributed by atoms with van der Waals surface area (Å²) >= 11 is 0. The zero-order chi connectivity index (χ0) is 17.0. The van der Waals surface area contributed by atoms with Crippen LogP contribution in [0.5, 0.6) is 0 Å². The summed E-state index contributed by atoms with van der Waals surface area (Å²) in [7, 11) is 0. The molecule has 0 amide bonds. The van der Waals surface area contributed by atoms with Crippen molar-refractivity contribution in [3.63, 3.8) is 0 Å². The van der Waals surface area contributed by atoms with E-state index in [4.69, 9.17) is 5.73 Å². The minimum atomic E-state index is 0.629. The van der Waals surface area contributed by atoms with E-state index < -0.39 is 0 Å². The van der Waals surface area contributed by atoms with Crippen molar-refractivity contribution in [2.75, 3.05) is 5.73 Å². The number of hydrogen-bond donors (Lipinski definition) is 1. The number of imidazole rings is 1. The van der Waals surface area contributed by atoms with Crippen molar-refractivity contribution in [2.24, 2.45) is 0 Å². The predicted octanol–water partition coefficient (Wildman–Crippen LogP) is 6.05. The second-order valence-electron chi connectivity index (χ2n) is 6.70. The van der Waals surface area contributed by atoms with E-state index in [1.165, 1.54) is 69.8 Å². The first-order chi connectivity index (χ1) is 11.8. The highest BCUT2D eigenvalue weighted by molar-refractivity contribution is 5.60. The number of nitrogens with two attached hydrogens (primary N) is 1. The Kier molecular flexibility index (Phi) is 8.43. The van der Waals surface area contributed by atoms with Gasteiger partial charge in [0.15, 0.2) is 0 Å². The highest BCUT2D eigenvalue weighted by Crippen LogP contribution is 2.22. The lowest BCUT2D eigenvalue weighted by Gasteiger charge is -2.10. The van der Waals surface area contributed by atoms with Crippen molar-refractivity contribution in [1.82, 2.24) is 9.55 Å². The summed E-state index contributed by atoms with van der Waals surface area (Å²) in [6.07, 6.45) is 15.4. The Morgan fingerprint density at radius 1 is 0.833 bits per heavy atom. The molecule has 0 atom stereocenters. The molecule has 0 unspecified atom stereocenters. The summed E-state index contributed by atoms with van der Waals surface area (Å²) < 4.78 is 2.15. The predicted molar refractivity (Wildman–Crippen MR) is 104 cm³/mol. The first-order valence-corrected chi connectivity index (χ1v) is 9.69. The molecular weight excluding hydrogens is 294 g/mol. The van der Waals surface area contributed by atoms with Crippen LogP contribution in [-0.2, 0) is 6.54 Å². The molecule has 0 bridgehead atoms. The number of unbranched alkanes of at least 4 members (excludes halogenated alkanes) is 9. The van der Waals surface area contributed by atoms with E-state index in [1.807, 2.05) is 12.3 Å². The SMILES string of the molecule is CCCCCCCCCCCCn1c(-c2ccccc2)cnc1N. The Labute approximate surface area is 147 Å². The molecular formula is C21H33N3. The van der Waals surface area contributed by atoms with E-state index in [0.29, 0.717) is 5.95 Å². The van der Waals surface area contributed by atoms with E-state index in [1.54, 1.807) is 0 Å². The first-order valence-electron chi connectivity index (χ1n) is 9.69. The molecule has 1 aromatic carbocycles. The average Bonchev–Trinajstić information content (AvgIpc) is 2.98. The van der Waals surface area contributed by atoms with Gasteiger partial charge in [-0.05, 0) is 12.0 Å². The smallest absolute Gasteiger partial charge is 0.200 e. The van der Waals surface area contributed by atoms with Gasteiger partial charge < -0.3 is 10.3 Å². The quantitative estimate of drug-likeness (QED) is 0.482. The number of nitrogen functional groups attached to an aromatic ring is 1. The van der Waals surface area contributed by atoms with Gasteiger partial charge in [0.2, 0.25) is 5.95 Å². The average molecular weight is 328 g/mol. The fraction of sp³-hybridized carbons (Fsp3) is 0.571. The topological polar surface area (TPSA) is 43.8 Å².